The van der Waals surface area contributed by atoms with Gasteiger partial charge in [-0.3, -0.25) is 0 Å². The molecule has 0 aromatic heterocycles. The van der Waals surface area contributed by atoms with Gasteiger partial charge in [0.2, 0.25) is 0 Å². The molecule has 1 aromatic rings. The molecular formula is C9H12Cl2N2. The minimum Gasteiger partial charge on any atom is -0.329 e. The smallest absolute Gasteiger partial charge is 0.0471 e. The molecule has 3 N–H and O–H groups in total. The number of nitrogens with one attached hydrogen (secondary N) is 1. The molecule has 0 saturated heterocycles. The molecule has 1 aromatic carbocycles. The molecule has 0 fully saturated rings. The van der Waals surface area contributed by atoms with Gasteiger partial charge in [0.05, 0.1) is 0 Å². The van der Waals surface area contributed by atoms with Crippen molar-refractivity contribution in [2.75, 3.05) is 13.6 Å². The van der Waals surface area contributed by atoms with Gasteiger partial charge in [0, 0.05) is 28.2 Å². The Balaban J connectivity index is 3.10. The van der Waals surface area contributed by atoms with E-state index in [1.54, 1.807) is 0 Å². The Morgan fingerprint density at radius 2 is 1.92 bits per heavy atom. The maximum Gasteiger partial charge on any atom is 0.0471 e. The maximum absolute atomic E-state index is 6.00. The summed E-state index contributed by atoms with van der Waals surface area (Å²) in [5, 5.41) is 4.36. The molecule has 0 aliphatic rings. The van der Waals surface area contributed by atoms with Gasteiger partial charge < -0.3 is 11.1 Å². The van der Waals surface area contributed by atoms with Crippen molar-refractivity contribution in [2.24, 2.45) is 5.73 Å². The van der Waals surface area contributed by atoms with E-state index in [0.29, 0.717) is 16.6 Å². The van der Waals surface area contributed by atoms with Crippen molar-refractivity contribution in [2.45, 2.75) is 6.04 Å². The van der Waals surface area contributed by atoms with Gasteiger partial charge in [0.15, 0.2) is 0 Å². The second kappa shape index (κ2) is 4.82. The molecule has 0 aliphatic carbocycles. The molecule has 1 atom stereocenters. The van der Waals surface area contributed by atoms with Crippen molar-refractivity contribution in [3.8, 4) is 0 Å². The van der Waals surface area contributed by atoms with E-state index in [1.807, 2.05) is 25.2 Å². The summed E-state index contributed by atoms with van der Waals surface area (Å²) in [5.74, 6) is 0. The van der Waals surface area contributed by atoms with E-state index in [-0.39, 0.29) is 6.04 Å². The van der Waals surface area contributed by atoms with Crippen molar-refractivity contribution >= 4 is 23.2 Å². The zero-order chi connectivity index (χ0) is 9.84. The predicted molar refractivity (Wildman–Crippen MR) is 57.3 cm³/mol. The third kappa shape index (κ3) is 2.35. The van der Waals surface area contributed by atoms with E-state index in [2.05, 4.69) is 5.32 Å². The molecule has 0 bridgehead atoms. The average molecular weight is 219 g/mol. The van der Waals surface area contributed by atoms with Crippen LogP contribution in [0.1, 0.15) is 11.6 Å². The first kappa shape index (κ1) is 10.8. The molecule has 0 radical (unpaired) electrons. The highest BCUT2D eigenvalue weighted by Crippen LogP contribution is 2.29. The molecular weight excluding hydrogens is 207 g/mol. The van der Waals surface area contributed by atoms with Gasteiger partial charge in [-0.05, 0) is 19.2 Å². The van der Waals surface area contributed by atoms with E-state index in [9.17, 15) is 0 Å². The molecule has 0 amide bonds. The van der Waals surface area contributed by atoms with Crippen molar-refractivity contribution < 1.29 is 0 Å². The lowest BCUT2D eigenvalue weighted by Gasteiger charge is -2.16. The molecule has 72 valence electrons. The quantitative estimate of drug-likeness (QED) is 0.817. The second-order valence-electron chi connectivity index (χ2n) is 2.71. The van der Waals surface area contributed by atoms with Crippen LogP contribution in [0.5, 0.6) is 0 Å². The number of halogens is 2. The Labute approximate surface area is 88.0 Å². The summed E-state index contributed by atoms with van der Waals surface area (Å²) in [6, 6.07) is 5.45. The van der Waals surface area contributed by atoms with E-state index in [1.165, 1.54) is 0 Å². The second-order valence-corrected chi connectivity index (χ2v) is 3.53. The van der Waals surface area contributed by atoms with Crippen LogP contribution in [0.3, 0.4) is 0 Å². The molecule has 2 nitrogen and oxygen atoms in total. The number of hydrogen-bond donors (Lipinski definition) is 2. The fourth-order valence-electron chi connectivity index (χ4n) is 1.22. The van der Waals surface area contributed by atoms with Crippen LogP contribution in [0.15, 0.2) is 18.2 Å². The van der Waals surface area contributed by atoms with E-state index >= 15 is 0 Å². The summed E-state index contributed by atoms with van der Waals surface area (Å²) in [6.07, 6.45) is 0. The van der Waals surface area contributed by atoms with Crippen LogP contribution < -0.4 is 11.1 Å². The molecule has 0 saturated carbocycles. The highest BCUT2D eigenvalue weighted by Gasteiger charge is 2.13. The van der Waals surface area contributed by atoms with Crippen molar-refractivity contribution in [3.05, 3.63) is 33.8 Å². The number of rotatable bonds is 3. The monoisotopic (exact) mass is 218 g/mol. The Bertz CT molecular complexity index is 265. The van der Waals surface area contributed by atoms with Gasteiger partial charge in [-0.1, -0.05) is 29.3 Å². The number of hydrogen-bond acceptors (Lipinski definition) is 2. The Morgan fingerprint density at radius 1 is 1.38 bits per heavy atom. The summed E-state index contributed by atoms with van der Waals surface area (Å²) < 4.78 is 0. The Kier molecular flexibility index (Phi) is 4.00. The van der Waals surface area contributed by atoms with Crippen molar-refractivity contribution in [3.63, 3.8) is 0 Å². The standard InChI is InChI=1S/C9H12Cl2N2/c1-13-8(5-12)9-6(10)3-2-4-7(9)11/h2-4,8,13H,5,12H2,1H3. The average Bonchev–Trinajstić information content (AvgIpc) is 2.11. The predicted octanol–water partition coefficient (Wildman–Crippen LogP) is 2.21. The van der Waals surface area contributed by atoms with Crippen molar-refractivity contribution in [1.82, 2.24) is 5.32 Å². The van der Waals surface area contributed by atoms with Gasteiger partial charge in [0.1, 0.15) is 0 Å². The topological polar surface area (TPSA) is 38.0 Å². The van der Waals surface area contributed by atoms with E-state index in [4.69, 9.17) is 28.9 Å². The third-order valence-corrected chi connectivity index (χ3v) is 2.59. The zero-order valence-electron chi connectivity index (χ0n) is 7.35. The molecule has 1 unspecified atom stereocenters. The summed E-state index contributed by atoms with van der Waals surface area (Å²) in [5.41, 5.74) is 6.44. The molecule has 13 heavy (non-hydrogen) atoms. The van der Waals surface area contributed by atoms with Crippen LogP contribution in [0.25, 0.3) is 0 Å². The van der Waals surface area contributed by atoms with Crippen LogP contribution in [0, 0.1) is 0 Å². The molecule has 4 heteroatoms. The normalized spacial score (nSPS) is 12.9. The highest BCUT2D eigenvalue weighted by molar-refractivity contribution is 6.36. The molecule has 0 spiro atoms. The summed E-state index contributed by atoms with van der Waals surface area (Å²) in [7, 11) is 1.83. The number of nitrogens with two attached hydrogens (primary N) is 1. The summed E-state index contributed by atoms with van der Waals surface area (Å²) in [6.45, 7) is 0.472. The highest BCUT2D eigenvalue weighted by atomic mass is 35.5. The number of benzene rings is 1. The first-order valence-corrected chi connectivity index (χ1v) is 4.77. The molecule has 0 aliphatic heterocycles. The minimum atomic E-state index is 0.0150. The van der Waals surface area contributed by atoms with Crippen LogP contribution in [0.4, 0.5) is 0 Å². The first-order chi connectivity index (χ1) is 6.20. The zero-order valence-corrected chi connectivity index (χ0v) is 8.86. The fourth-order valence-corrected chi connectivity index (χ4v) is 1.88. The van der Waals surface area contributed by atoms with Gasteiger partial charge in [0.25, 0.3) is 0 Å². The van der Waals surface area contributed by atoms with Gasteiger partial charge in [-0.2, -0.15) is 0 Å². The SMILES string of the molecule is CNC(CN)c1c(Cl)cccc1Cl. The lowest BCUT2D eigenvalue weighted by atomic mass is 10.1. The fraction of sp³-hybridized carbons (Fsp3) is 0.333. The first-order valence-electron chi connectivity index (χ1n) is 4.02. The van der Waals surface area contributed by atoms with Crippen molar-refractivity contribution in [1.29, 1.82) is 0 Å². The van der Waals surface area contributed by atoms with E-state index < -0.39 is 0 Å². The third-order valence-electron chi connectivity index (χ3n) is 1.93. The minimum absolute atomic E-state index is 0.0150. The summed E-state index contributed by atoms with van der Waals surface area (Å²) in [4.78, 5) is 0. The Morgan fingerprint density at radius 3 is 2.31 bits per heavy atom. The summed E-state index contributed by atoms with van der Waals surface area (Å²) >= 11 is 12.0. The van der Waals surface area contributed by atoms with Crippen LogP contribution in [-0.4, -0.2) is 13.6 Å². The lowest BCUT2D eigenvalue weighted by molar-refractivity contribution is 0.606. The molecule has 1 rings (SSSR count). The number of likely N-dealkylation sites (N-methyl/N-ethyl adjacent to an activating group) is 1. The van der Waals surface area contributed by atoms with Gasteiger partial charge in [-0.25, -0.2) is 0 Å². The lowest BCUT2D eigenvalue weighted by Crippen LogP contribution is -2.25. The van der Waals surface area contributed by atoms with Crippen LogP contribution >= 0.6 is 23.2 Å². The maximum atomic E-state index is 6.00. The Hall–Kier alpha value is -0.280. The van der Waals surface area contributed by atoms with Gasteiger partial charge >= 0.3 is 0 Å². The largest absolute Gasteiger partial charge is 0.329 e. The van der Waals surface area contributed by atoms with Crippen LogP contribution in [-0.2, 0) is 0 Å². The van der Waals surface area contributed by atoms with Gasteiger partial charge in [-0.15, -0.1) is 0 Å². The molecule has 0 heterocycles. The van der Waals surface area contributed by atoms with Crippen LogP contribution in [0.2, 0.25) is 10.0 Å². The van der Waals surface area contributed by atoms with E-state index in [0.717, 1.165) is 5.56 Å².